The van der Waals surface area contributed by atoms with Crippen LogP contribution in [0.25, 0.3) is 0 Å². The van der Waals surface area contributed by atoms with Crippen molar-refractivity contribution in [2.75, 3.05) is 13.2 Å². The summed E-state index contributed by atoms with van der Waals surface area (Å²) in [4.78, 5) is 24.6. The number of rotatable bonds is 71. The number of unbranched alkanes of at least 4 members (excludes halogenated alkanes) is 58. The van der Waals surface area contributed by atoms with Gasteiger partial charge in [0.05, 0.1) is 25.4 Å². The van der Waals surface area contributed by atoms with Crippen LogP contribution in [0.1, 0.15) is 431 Å². The molecule has 0 aliphatic carbocycles. The minimum absolute atomic E-state index is 0.0177. The molecule has 0 heterocycles. The van der Waals surface area contributed by atoms with Gasteiger partial charge in [-0.2, -0.15) is 0 Å². The Bertz CT molecular complexity index is 1220. The van der Waals surface area contributed by atoms with E-state index in [1.165, 1.54) is 360 Å². The average molecular weight is 1140 g/mol. The highest BCUT2D eigenvalue weighted by Gasteiger charge is 2.20. The molecule has 2 atom stereocenters. The number of ether oxygens (including phenoxy) is 1. The second kappa shape index (κ2) is 71.1. The maximum absolute atomic E-state index is 12.6. The number of carbonyl (C=O) groups excluding carboxylic acids is 2. The third-order valence-corrected chi connectivity index (χ3v) is 17.8. The van der Waals surface area contributed by atoms with Crippen molar-refractivity contribution >= 4 is 11.9 Å². The number of nitrogens with one attached hydrogen (secondary N) is 1. The van der Waals surface area contributed by atoms with Crippen molar-refractivity contribution in [2.45, 2.75) is 443 Å². The lowest BCUT2D eigenvalue weighted by Gasteiger charge is -2.22. The standard InChI is InChI=1S/C75H147NO5/c1-3-5-7-9-11-13-15-17-19-20-21-22-23-27-30-33-36-40-43-47-51-55-59-63-67-73(78)72(71-77)76-74(79)68-64-60-56-52-48-44-41-37-34-31-28-25-24-26-29-32-35-38-42-46-50-54-58-62-66-70-81-75(80)69-65-61-57-53-49-45-39-18-16-14-12-10-8-6-4-2/h25,28,72-73,77-78H,3-24,26-27,29-71H2,1-2H3,(H,76,79)/b28-25-. The summed E-state index contributed by atoms with van der Waals surface area (Å²) < 4.78 is 5.50. The summed E-state index contributed by atoms with van der Waals surface area (Å²) in [5.41, 5.74) is 0. The lowest BCUT2D eigenvalue weighted by molar-refractivity contribution is -0.143. The van der Waals surface area contributed by atoms with Gasteiger partial charge in [0.15, 0.2) is 0 Å². The van der Waals surface area contributed by atoms with Gasteiger partial charge in [-0.25, -0.2) is 0 Å². The molecule has 81 heavy (non-hydrogen) atoms. The number of carbonyl (C=O) groups is 2. The van der Waals surface area contributed by atoms with Gasteiger partial charge in [-0.05, 0) is 51.4 Å². The Morgan fingerprint density at radius 1 is 0.333 bits per heavy atom. The predicted octanol–water partition coefficient (Wildman–Crippen LogP) is 24.3. The molecule has 0 aromatic carbocycles. The van der Waals surface area contributed by atoms with Gasteiger partial charge in [-0.3, -0.25) is 9.59 Å². The van der Waals surface area contributed by atoms with Crippen molar-refractivity contribution in [3.63, 3.8) is 0 Å². The zero-order chi connectivity index (χ0) is 58.5. The van der Waals surface area contributed by atoms with E-state index in [2.05, 4.69) is 31.3 Å². The summed E-state index contributed by atoms with van der Waals surface area (Å²) in [5.74, 6) is -0.0146. The quantitative estimate of drug-likeness (QED) is 0.0320. The van der Waals surface area contributed by atoms with Gasteiger partial charge in [0, 0.05) is 12.8 Å². The third kappa shape index (κ3) is 67.6. The van der Waals surface area contributed by atoms with E-state index in [4.69, 9.17) is 4.74 Å². The Hall–Kier alpha value is -1.40. The first-order chi connectivity index (χ1) is 40.0. The number of aliphatic hydroxyl groups is 2. The van der Waals surface area contributed by atoms with Gasteiger partial charge in [-0.15, -0.1) is 0 Å². The molecule has 0 aliphatic rings. The van der Waals surface area contributed by atoms with Gasteiger partial charge in [0.25, 0.3) is 0 Å². The third-order valence-electron chi connectivity index (χ3n) is 17.8. The van der Waals surface area contributed by atoms with Crippen LogP contribution in [-0.4, -0.2) is 47.4 Å². The second-order valence-corrected chi connectivity index (χ2v) is 26.0. The van der Waals surface area contributed by atoms with Crippen molar-refractivity contribution < 1.29 is 24.5 Å². The van der Waals surface area contributed by atoms with E-state index in [1.54, 1.807) is 0 Å². The van der Waals surface area contributed by atoms with Crippen molar-refractivity contribution in [3.8, 4) is 0 Å². The number of amides is 1. The smallest absolute Gasteiger partial charge is 0.305 e. The fourth-order valence-corrected chi connectivity index (χ4v) is 12.1. The topological polar surface area (TPSA) is 95.9 Å². The molecule has 0 aliphatic heterocycles. The number of esters is 1. The molecular weight excluding hydrogens is 995 g/mol. The highest BCUT2D eigenvalue weighted by atomic mass is 16.5. The van der Waals surface area contributed by atoms with Crippen LogP contribution in [0.5, 0.6) is 0 Å². The molecule has 0 aromatic heterocycles. The van der Waals surface area contributed by atoms with Crippen LogP contribution in [0.2, 0.25) is 0 Å². The van der Waals surface area contributed by atoms with Crippen LogP contribution < -0.4 is 5.32 Å². The molecule has 0 rings (SSSR count). The van der Waals surface area contributed by atoms with Crippen LogP contribution >= 0.6 is 0 Å². The van der Waals surface area contributed by atoms with Gasteiger partial charge >= 0.3 is 5.97 Å². The minimum atomic E-state index is -0.667. The summed E-state index contributed by atoms with van der Waals surface area (Å²) in [5, 5.41) is 23.5. The Labute approximate surface area is 508 Å². The first-order valence-electron chi connectivity index (χ1n) is 37.4. The highest BCUT2D eigenvalue weighted by molar-refractivity contribution is 5.76. The van der Waals surface area contributed by atoms with Gasteiger partial charge in [0.1, 0.15) is 0 Å². The van der Waals surface area contributed by atoms with Gasteiger partial charge < -0.3 is 20.3 Å². The molecule has 0 bridgehead atoms. The van der Waals surface area contributed by atoms with E-state index < -0.39 is 12.1 Å². The summed E-state index contributed by atoms with van der Waals surface area (Å²) in [6, 6.07) is -0.545. The zero-order valence-electron chi connectivity index (χ0n) is 55.3. The molecule has 0 saturated carbocycles. The van der Waals surface area contributed by atoms with E-state index in [0.717, 1.165) is 38.5 Å². The van der Waals surface area contributed by atoms with Crippen LogP contribution in [0.4, 0.5) is 0 Å². The number of allylic oxidation sites excluding steroid dienone is 2. The summed E-state index contributed by atoms with van der Waals surface area (Å²) in [7, 11) is 0. The van der Waals surface area contributed by atoms with Crippen LogP contribution in [0.3, 0.4) is 0 Å². The number of hydrogen-bond donors (Lipinski definition) is 3. The molecule has 0 aromatic rings. The molecule has 6 heteroatoms. The maximum Gasteiger partial charge on any atom is 0.305 e. The Balaban J connectivity index is 3.38. The lowest BCUT2D eigenvalue weighted by Crippen LogP contribution is -2.45. The fraction of sp³-hybridized carbons (Fsp3) is 0.947. The number of aliphatic hydroxyl groups excluding tert-OH is 2. The van der Waals surface area contributed by atoms with Crippen molar-refractivity contribution in [1.82, 2.24) is 5.32 Å². The predicted molar refractivity (Wildman–Crippen MR) is 357 cm³/mol. The van der Waals surface area contributed by atoms with Crippen molar-refractivity contribution in [3.05, 3.63) is 12.2 Å². The summed E-state index contributed by atoms with van der Waals surface area (Å²) in [6.45, 7) is 5.00. The minimum Gasteiger partial charge on any atom is -0.466 e. The molecule has 0 spiro atoms. The first kappa shape index (κ1) is 79.6. The summed E-state index contributed by atoms with van der Waals surface area (Å²) >= 11 is 0. The van der Waals surface area contributed by atoms with Gasteiger partial charge in [0.2, 0.25) is 5.91 Å². The molecule has 3 N–H and O–H groups in total. The Morgan fingerprint density at radius 2 is 0.580 bits per heavy atom. The molecular formula is C75H147NO5. The Morgan fingerprint density at radius 3 is 0.877 bits per heavy atom. The van der Waals surface area contributed by atoms with E-state index in [-0.39, 0.29) is 18.5 Å². The van der Waals surface area contributed by atoms with E-state index >= 15 is 0 Å². The Kier molecular flexibility index (Phi) is 69.9. The van der Waals surface area contributed by atoms with Crippen molar-refractivity contribution in [2.24, 2.45) is 0 Å². The SMILES string of the molecule is CCCCCCCCCCCCCCCCCCCCCCCCCCC(O)C(CO)NC(=O)CCCCCCCCCCC/C=C\CCCCCCCCCCCCCCOC(=O)CCCCCCCCCCCCCCCCC. The van der Waals surface area contributed by atoms with Crippen molar-refractivity contribution in [1.29, 1.82) is 0 Å². The van der Waals surface area contributed by atoms with E-state index in [0.29, 0.717) is 25.9 Å². The molecule has 6 nitrogen and oxygen atoms in total. The molecule has 2 unspecified atom stereocenters. The molecule has 482 valence electrons. The zero-order valence-corrected chi connectivity index (χ0v) is 55.3. The monoisotopic (exact) mass is 1140 g/mol. The van der Waals surface area contributed by atoms with Crippen LogP contribution in [0, 0.1) is 0 Å². The second-order valence-electron chi connectivity index (χ2n) is 26.0. The maximum atomic E-state index is 12.6. The average Bonchev–Trinajstić information content (AvgIpc) is 3.47. The largest absolute Gasteiger partial charge is 0.466 e. The lowest BCUT2D eigenvalue weighted by atomic mass is 10.0. The van der Waals surface area contributed by atoms with Crippen LogP contribution in [0.15, 0.2) is 12.2 Å². The van der Waals surface area contributed by atoms with E-state index in [9.17, 15) is 19.8 Å². The molecule has 0 saturated heterocycles. The summed E-state index contributed by atoms with van der Waals surface area (Å²) in [6.07, 6.45) is 88.5. The normalized spacial score (nSPS) is 12.5. The molecule has 0 radical (unpaired) electrons. The van der Waals surface area contributed by atoms with E-state index in [1.807, 2.05) is 0 Å². The number of hydrogen-bond acceptors (Lipinski definition) is 5. The first-order valence-corrected chi connectivity index (χ1v) is 37.4. The highest BCUT2D eigenvalue weighted by Crippen LogP contribution is 2.20. The molecule has 1 amide bonds. The van der Waals surface area contributed by atoms with Gasteiger partial charge in [-0.1, -0.05) is 379 Å². The molecule has 0 fully saturated rings. The fourth-order valence-electron chi connectivity index (χ4n) is 12.1. The van der Waals surface area contributed by atoms with Crippen LogP contribution in [-0.2, 0) is 14.3 Å².